The van der Waals surface area contributed by atoms with Crippen LogP contribution in [0.5, 0.6) is 0 Å². The maximum atomic E-state index is 13.2. The maximum Gasteiger partial charge on any atom is 0.422 e. The number of fused-ring (bicyclic) bond motifs is 1. The van der Waals surface area contributed by atoms with Crippen LogP contribution in [-0.4, -0.2) is 47.3 Å². The third-order valence-corrected chi connectivity index (χ3v) is 3.45. The van der Waals surface area contributed by atoms with Crippen LogP contribution in [0, 0.1) is 0 Å². The maximum absolute atomic E-state index is 13.2. The van der Waals surface area contributed by atoms with Gasteiger partial charge in [0.2, 0.25) is 11.0 Å². The number of carboxylic acid groups (broad SMARTS) is 1. The van der Waals surface area contributed by atoms with Crippen LogP contribution < -0.4 is 4.90 Å². The number of carbonyl (C=O) groups is 1. The SMILES string of the molecule is O=C(O)c1oc2c(N3CCOCC3)nc(Cl)nc2c1C(F)(F)F. The fourth-order valence-corrected chi connectivity index (χ4v) is 2.50. The first-order valence-corrected chi connectivity index (χ1v) is 6.80. The van der Waals surface area contributed by atoms with E-state index in [1.165, 1.54) is 0 Å². The minimum Gasteiger partial charge on any atom is -0.475 e. The molecular weight excluding hydrogens is 343 g/mol. The molecule has 1 aliphatic rings. The second-order valence-corrected chi connectivity index (χ2v) is 5.04. The molecule has 2 aromatic rings. The lowest BCUT2D eigenvalue weighted by Gasteiger charge is -2.27. The van der Waals surface area contributed by atoms with E-state index < -0.39 is 34.3 Å². The summed E-state index contributed by atoms with van der Waals surface area (Å²) in [6, 6.07) is 0. The lowest BCUT2D eigenvalue weighted by molar-refractivity contribution is -0.137. The Morgan fingerprint density at radius 3 is 2.48 bits per heavy atom. The summed E-state index contributed by atoms with van der Waals surface area (Å²) in [4.78, 5) is 20.1. The summed E-state index contributed by atoms with van der Waals surface area (Å²) in [7, 11) is 0. The molecule has 0 radical (unpaired) electrons. The summed E-state index contributed by atoms with van der Waals surface area (Å²) in [5, 5.41) is 8.56. The van der Waals surface area contributed by atoms with E-state index in [1.54, 1.807) is 4.90 Å². The number of halogens is 4. The van der Waals surface area contributed by atoms with Crippen LogP contribution >= 0.6 is 11.6 Å². The Kier molecular flexibility index (Phi) is 3.80. The number of morpholine rings is 1. The summed E-state index contributed by atoms with van der Waals surface area (Å²) in [6.45, 7) is 1.41. The fraction of sp³-hybridized carbons (Fsp3) is 0.417. The van der Waals surface area contributed by atoms with Crippen molar-refractivity contribution < 1.29 is 32.2 Å². The molecule has 0 aliphatic carbocycles. The van der Waals surface area contributed by atoms with Crippen LogP contribution in [-0.2, 0) is 10.9 Å². The standard InChI is InChI=1S/C12H9ClF3N3O4/c13-11-17-6-5(12(14,15)16)7(10(20)21)23-8(6)9(18-11)19-1-3-22-4-2-19/h1-4H2,(H,20,21). The Hall–Kier alpha value is -2.07. The first-order chi connectivity index (χ1) is 10.8. The second-order valence-electron chi connectivity index (χ2n) is 4.70. The van der Waals surface area contributed by atoms with E-state index in [2.05, 4.69) is 9.97 Å². The molecule has 0 atom stereocenters. The minimum atomic E-state index is -4.96. The molecule has 23 heavy (non-hydrogen) atoms. The van der Waals surface area contributed by atoms with Crippen LogP contribution in [0.15, 0.2) is 4.42 Å². The lowest BCUT2D eigenvalue weighted by atomic mass is 10.2. The molecular formula is C12H9ClF3N3O4. The van der Waals surface area contributed by atoms with Crippen molar-refractivity contribution in [2.75, 3.05) is 31.2 Å². The van der Waals surface area contributed by atoms with Gasteiger partial charge in [0, 0.05) is 13.1 Å². The molecule has 0 spiro atoms. The summed E-state index contributed by atoms with van der Waals surface area (Å²) >= 11 is 5.72. The van der Waals surface area contributed by atoms with Gasteiger partial charge in [0.1, 0.15) is 11.1 Å². The van der Waals surface area contributed by atoms with Gasteiger partial charge in [0.25, 0.3) is 0 Å². The molecule has 1 aliphatic heterocycles. The Labute approximate surface area is 131 Å². The number of nitrogens with zero attached hydrogens (tertiary/aromatic N) is 3. The number of hydrogen-bond acceptors (Lipinski definition) is 6. The number of aromatic carboxylic acids is 1. The Balaban J connectivity index is 2.29. The largest absolute Gasteiger partial charge is 0.475 e. The van der Waals surface area contributed by atoms with Gasteiger partial charge in [-0.15, -0.1) is 0 Å². The number of anilines is 1. The summed E-state index contributed by atoms with van der Waals surface area (Å²) in [5.41, 5.74) is -2.50. The van der Waals surface area contributed by atoms with E-state index in [1.807, 2.05) is 0 Å². The highest BCUT2D eigenvalue weighted by Gasteiger charge is 2.43. The number of furan rings is 1. The molecule has 3 heterocycles. The van der Waals surface area contributed by atoms with Gasteiger partial charge < -0.3 is 19.2 Å². The van der Waals surface area contributed by atoms with Crippen LogP contribution in [0.2, 0.25) is 5.28 Å². The van der Waals surface area contributed by atoms with Gasteiger partial charge in [-0.25, -0.2) is 9.78 Å². The zero-order chi connectivity index (χ0) is 16.8. The van der Waals surface area contributed by atoms with Crippen molar-refractivity contribution in [2.45, 2.75) is 6.18 Å². The van der Waals surface area contributed by atoms with E-state index in [-0.39, 0.29) is 11.4 Å². The third kappa shape index (κ3) is 2.79. The molecule has 2 aromatic heterocycles. The molecule has 0 unspecified atom stereocenters. The first kappa shape index (κ1) is 15.8. The van der Waals surface area contributed by atoms with Crippen molar-refractivity contribution in [1.82, 2.24) is 9.97 Å². The first-order valence-electron chi connectivity index (χ1n) is 6.42. The van der Waals surface area contributed by atoms with Crippen molar-refractivity contribution in [1.29, 1.82) is 0 Å². The molecule has 7 nitrogen and oxygen atoms in total. The van der Waals surface area contributed by atoms with Crippen LogP contribution in [0.4, 0.5) is 19.0 Å². The highest BCUT2D eigenvalue weighted by molar-refractivity contribution is 6.28. The summed E-state index contributed by atoms with van der Waals surface area (Å²) in [5.74, 6) is -3.07. The predicted molar refractivity (Wildman–Crippen MR) is 71.8 cm³/mol. The molecule has 1 N–H and O–H groups in total. The Morgan fingerprint density at radius 1 is 1.26 bits per heavy atom. The van der Waals surface area contributed by atoms with Crippen LogP contribution in [0.1, 0.15) is 16.1 Å². The molecule has 1 fully saturated rings. The van der Waals surface area contributed by atoms with E-state index in [0.29, 0.717) is 26.3 Å². The van der Waals surface area contributed by atoms with Crippen molar-refractivity contribution in [2.24, 2.45) is 0 Å². The van der Waals surface area contributed by atoms with Crippen molar-refractivity contribution in [3.8, 4) is 0 Å². The summed E-state index contributed by atoms with van der Waals surface area (Å²) < 4.78 is 49.8. The molecule has 0 saturated carbocycles. The van der Waals surface area contributed by atoms with Crippen molar-refractivity contribution >= 4 is 34.5 Å². The van der Waals surface area contributed by atoms with Gasteiger partial charge in [-0.3, -0.25) is 0 Å². The topological polar surface area (TPSA) is 88.7 Å². The zero-order valence-electron chi connectivity index (χ0n) is 11.4. The smallest absolute Gasteiger partial charge is 0.422 e. The zero-order valence-corrected chi connectivity index (χ0v) is 12.1. The number of aromatic nitrogens is 2. The van der Waals surface area contributed by atoms with E-state index in [9.17, 15) is 18.0 Å². The quantitative estimate of drug-likeness (QED) is 0.831. The van der Waals surface area contributed by atoms with Gasteiger partial charge in [0.15, 0.2) is 11.4 Å². The normalized spacial score (nSPS) is 16.1. The van der Waals surface area contributed by atoms with Gasteiger partial charge in [-0.1, -0.05) is 0 Å². The molecule has 1 saturated heterocycles. The second kappa shape index (κ2) is 5.53. The van der Waals surface area contributed by atoms with Gasteiger partial charge in [-0.05, 0) is 11.6 Å². The average molecular weight is 352 g/mol. The third-order valence-electron chi connectivity index (χ3n) is 3.28. The number of hydrogen-bond donors (Lipinski definition) is 1. The molecule has 11 heteroatoms. The Morgan fingerprint density at radius 2 is 1.91 bits per heavy atom. The van der Waals surface area contributed by atoms with Gasteiger partial charge in [0.05, 0.1) is 13.2 Å². The van der Waals surface area contributed by atoms with E-state index in [0.717, 1.165) is 0 Å². The number of rotatable bonds is 2. The Bertz CT molecular complexity index is 771. The van der Waals surface area contributed by atoms with E-state index in [4.69, 9.17) is 25.9 Å². The van der Waals surface area contributed by atoms with Crippen molar-refractivity contribution in [3.63, 3.8) is 0 Å². The van der Waals surface area contributed by atoms with Crippen LogP contribution in [0.3, 0.4) is 0 Å². The molecule has 0 aromatic carbocycles. The van der Waals surface area contributed by atoms with Gasteiger partial charge in [-0.2, -0.15) is 18.2 Å². The monoisotopic (exact) mass is 351 g/mol. The summed E-state index contributed by atoms with van der Waals surface area (Å²) in [6.07, 6.45) is -4.96. The molecule has 3 rings (SSSR count). The average Bonchev–Trinajstić information content (AvgIpc) is 2.86. The highest BCUT2D eigenvalue weighted by atomic mass is 35.5. The molecule has 0 amide bonds. The number of carboxylic acids is 1. The lowest BCUT2D eigenvalue weighted by Crippen LogP contribution is -2.36. The molecule has 124 valence electrons. The predicted octanol–water partition coefficient (Wildman–Crippen LogP) is 2.43. The molecule has 0 bridgehead atoms. The van der Waals surface area contributed by atoms with Gasteiger partial charge >= 0.3 is 12.1 Å². The van der Waals surface area contributed by atoms with E-state index >= 15 is 0 Å². The minimum absolute atomic E-state index is 0.0151. The highest BCUT2D eigenvalue weighted by Crippen LogP contribution is 2.41. The van der Waals surface area contributed by atoms with Crippen LogP contribution in [0.25, 0.3) is 11.1 Å². The number of alkyl halides is 3. The number of ether oxygens (including phenoxy) is 1. The fourth-order valence-electron chi connectivity index (χ4n) is 2.34. The van der Waals surface area contributed by atoms with Crippen molar-refractivity contribution in [3.05, 3.63) is 16.6 Å².